The van der Waals surface area contributed by atoms with Gasteiger partial charge in [-0.2, -0.15) is 5.10 Å². The molecule has 104 valence electrons. The van der Waals surface area contributed by atoms with E-state index in [1.807, 2.05) is 4.68 Å². The molecular weight excluding hydrogens is 258 g/mol. The van der Waals surface area contributed by atoms with Crippen molar-refractivity contribution in [3.05, 3.63) is 29.0 Å². The molecule has 1 N–H and O–H groups in total. The zero-order chi connectivity index (χ0) is 12.7. The molecule has 0 radical (unpaired) electrons. The van der Waals surface area contributed by atoms with Gasteiger partial charge in [0, 0.05) is 18.4 Å². The van der Waals surface area contributed by atoms with Gasteiger partial charge < -0.3 is 5.32 Å². The molecule has 1 aliphatic rings. The molecule has 2 heterocycles. The number of halogens is 1. The first-order chi connectivity index (χ1) is 8.66. The van der Waals surface area contributed by atoms with E-state index < -0.39 is 0 Å². The molecule has 3 nitrogen and oxygen atoms in total. The molecule has 0 bridgehead atoms. The summed E-state index contributed by atoms with van der Waals surface area (Å²) in [4.78, 5) is 0. The Kier molecular flexibility index (Phi) is 4.16. The van der Waals surface area contributed by atoms with Gasteiger partial charge in [0.25, 0.3) is 0 Å². The molecule has 1 saturated heterocycles. The van der Waals surface area contributed by atoms with Gasteiger partial charge in [0.15, 0.2) is 0 Å². The minimum Gasteiger partial charge on any atom is -0.317 e. The first kappa shape index (κ1) is 14.4. The molecule has 0 saturated carbocycles. The monoisotopic (exact) mass is 279 g/mol. The van der Waals surface area contributed by atoms with E-state index in [0.29, 0.717) is 5.92 Å². The molecule has 1 fully saturated rings. The van der Waals surface area contributed by atoms with Crippen molar-refractivity contribution in [1.29, 1.82) is 0 Å². The number of aryl methyl sites for hydroxylation is 3. The minimum atomic E-state index is 0. The normalized spacial score (nSPS) is 16.6. The van der Waals surface area contributed by atoms with Crippen molar-refractivity contribution in [3.63, 3.8) is 0 Å². The standard InChI is InChI=1S/C15H21N3.ClH/c1-10-8-11(2)14-13(9-10)18(3)17-15(14)12-4-6-16-7-5-12;/h8-9,12,16H,4-7H2,1-3H3;1H. The lowest BCUT2D eigenvalue weighted by molar-refractivity contribution is 0.451. The third kappa shape index (κ3) is 2.49. The van der Waals surface area contributed by atoms with Crippen LogP contribution in [0.25, 0.3) is 10.9 Å². The molecule has 0 atom stereocenters. The number of rotatable bonds is 1. The average Bonchev–Trinajstić information content (AvgIpc) is 2.68. The number of hydrogen-bond acceptors (Lipinski definition) is 2. The van der Waals surface area contributed by atoms with Gasteiger partial charge in [0.2, 0.25) is 0 Å². The van der Waals surface area contributed by atoms with Crippen molar-refractivity contribution >= 4 is 23.3 Å². The smallest absolute Gasteiger partial charge is 0.0737 e. The number of benzene rings is 1. The lowest BCUT2D eigenvalue weighted by Crippen LogP contribution is -2.27. The van der Waals surface area contributed by atoms with Gasteiger partial charge in [-0.1, -0.05) is 6.07 Å². The second-order valence-corrected chi connectivity index (χ2v) is 5.51. The summed E-state index contributed by atoms with van der Waals surface area (Å²) in [6.07, 6.45) is 2.42. The van der Waals surface area contributed by atoms with Crippen molar-refractivity contribution in [2.75, 3.05) is 13.1 Å². The minimum absolute atomic E-state index is 0. The first-order valence-electron chi connectivity index (χ1n) is 6.81. The van der Waals surface area contributed by atoms with Gasteiger partial charge in [-0.25, -0.2) is 0 Å². The highest BCUT2D eigenvalue weighted by molar-refractivity contribution is 5.86. The summed E-state index contributed by atoms with van der Waals surface area (Å²) < 4.78 is 2.05. The SMILES string of the molecule is Cc1cc(C)c2c(C3CCNCC3)nn(C)c2c1.Cl. The summed E-state index contributed by atoms with van der Waals surface area (Å²) in [6.45, 7) is 6.60. The van der Waals surface area contributed by atoms with E-state index in [2.05, 4.69) is 38.3 Å². The van der Waals surface area contributed by atoms with Gasteiger partial charge in [0.05, 0.1) is 11.2 Å². The second kappa shape index (κ2) is 5.51. The molecule has 1 aromatic carbocycles. The van der Waals surface area contributed by atoms with Crippen LogP contribution in [0.1, 0.15) is 35.6 Å². The fraction of sp³-hybridized carbons (Fsp3) is 0.533. The average molecular weight is 280 g/mol. The van der Waals surface area contributed by atoms with Crippen LogP contribution in [-0.4, -0.2) is 22.9 Å². The van der Waals surface area contributed by atoms with Gasteiger partial charge >= 0.3 is 0 Å². The summed E-state index contributed by atoms with van der Waals surface area (Å²) in [5.41, 5.74) is 5.28. The molecular formula is C15H22ClN3. The van der Waals surface area contributed by atoms with Crippen LogP contribution in [-0.2, 0) is 7.05 Å². The van der Waals surface area contributed by atoms with Crippen LogP contribution in [0.15, 0.2) is 12.1 Å². The second-order valence-electron chi connectivity index (χ2n) is 5.51. The Morgan fingerprint density at radius 3 is 2.58 bits per heavy atom. The van der Waals surface area contributed by atoms with Crippen molar-refractivity contribution in [2.24, 2.45) is 7.05 Å². The van der Waals surface area contributed by atoms with Crippen LogP contribution in [0.2, 0.25) is 0 Å². The van der Waals surface area contributed by atoms with E-state index in [0.717, 1.165) is 13.1 Å². The summed E-state index contributed by atoms with van der Waals surface area (Å²) in [6, 6.07) is 4.52. The lowest BCUT2D eigenvalue weighted by atomic mass is 9.91. The maximum absolute atomic E-state index is 4.80. The molecule has 19 heavy (non-hydrogen) atoms. The molecule has 0 spiro atoms. The van der Waals surface area contributed by atoms with Gasteiger partial charge in [-0.05, 0) is 57.0 Å². The summed E-state index contributed by atoms with van der Waals surface area (Å²) in [7, 11) is 2.06. The third-order valence-electron chi connectivity index (χ3n) is 4.05. The van der Waals surface area contributed by atoms with Gasteiger partial charge in [-0.15, -0.1) is 12.4 Å². The Bertz CT molecular complexity index is 583. The number of nitrogens with one attached hydrogen (secondary N) is 1. The number of aromatic nitrogens is 2. The molecule has 3 rings (SSSR count). The Labute approximate surface area is 120 Å². The van der Waals surface area contributed by atoms with Crippen LogP contribution >= 0.6 is 12.4 Å². The van der Waals surface area contributed by atoms with E-state index in [4.69, 9.17) is 5.10 Å². The molecule has 4 heteroatoms. The molecule has 0 amide bonds. The predicted octanol–water partition coefficient (Wildman–Crippen LogP) is 3.08. The topological polar surface area (TPSA) is 29.9 Å². The zero-order valence-corrected chi connectivity index (χ0v) is 12.7. The Balaban J connectivity index is 0.00000133. The van der Waals surface area contributed by atoms with E-state index in [1.54, 1.807) is 0 Å². The Hall–Kier alpha value is -1.06. The summed E-state index contributed by atoms with van der Waals surface area (Å²) >= 11 is 0. The van der Waals surface area contributed by atoms with E-state index in [9.17, 15) is 0 Å². The largest absolute Gasteiger partial charge is 0.317 e. The number of hydrogen-bond donors (Lipinski definition) is 1. The maximum Gasteiger partial charge on any atom is 0.0737 e. The Morgan fingerprint density at radius 1 is 1.21 bits per heavy atom. The van der Waals surface area contributed by atoms with Crippen LogP contribution in [0.5, 0.6) is 0 Å². The van der Waals surface area contributed by atoms with Crippen molar-refractivity contribution in [1.82, 2.24) is 15.1 Å². The summed E-state index contributed by atoms with van der Waals surface area (Å²) in [5.74, 6) is 0.622. The van der Waals surface area contributed by atoms with E-state index in [-0.39, 0.29) is 12.4 Å². The fourth-order valence-electron chi connectivity index (χ4n) is 3.18. The van der Waals surface area contributed by atoms with Crippen LogP contribution < -0.4 is 5.32 Å². The third-order valence-corrected chi connectivity index (χ3v) is 4.05. The zero-order valence-electron chi connectivity index (χ0n) is 11.9. The summed E-state index contributed by atoms with van der Waals surface area (Å²) in [5, 5.41) is 9.62. The van der Waals surface area contributed by atoms with Crippen LogP contribution in [0, 0.1) is 13.8 Å². The van der Waals surface area contributed by atoms with Crippen molar-refractivity contribution in [3.8, 4) is 0 Å². The van der Waals surface area contributed by atoms with Gasteiger partial charge in [0.1, 0.15) is 0 Å². The highest BCUT2D eigenvalue weighted by atomic mass is 35.5. The number of piperidine rings is 1. The first-order valence-corrected chi connectivity index (χ1v) is 6.81. The molecule has 0 unspecified atom stereocenters. The highest BCUT2D eigenvalue weighted by Crippen LogP contribution is 2.32. The quantitative estimate of drug-likeness (QED) is 0.869. The van der Waals surface area contributed by atoms with Crippen LogP contribution in [0.3, 0.4) is 0 Å². The van der Waals surface area contributed by atoms with Crippen LogP contribution in [0.4, 0.5) is 0 Å². The van der Waals surface area contributed by atoms with Crippen molar-refractivity contribution < 1.29 is 0 Å². The van der Waals surface area contributed by atoms with E-state index >= 15 is 0 Å². The molecule has 1 aromatic heterocycles. The predicted molar refractivity (Wildman–Crippen MR) is 82.3 cm³/mol. The van der Waals surface area contributed by atoms with E-state index in [1.165, 1.54) is 40.6 Å². The number of fused-ring (bicyclic) bond motifs is 1. The number of nitrogens with zero attached hydrogens (tertiary/aromatic N) is 2. The molecule has 0 aliphatic carbocycles. The lowest BCUT2D eigenvalue weighted by Gasteiger charge is -2.21. The fourth-order valence-corrected chi connectivity index (χ4v) is 3.18. The Morgan fingerprint density at radius 2 is 1.89 bits per heavy atom. The molecule has 1 aliphatic heterocycles. The maximum atomic E-state index is 4.80. The van der Waals surface area contributed by atoms with Crippen molar-refractivity contribution in [2.45, 2.75) is 32.6 Å². The molecule has 2 aromatic rings. The van der Waals surface area contributed by atoms with Gasteiger partial charge in [-0.3, -0.25) is 4.68 Å². The highest BCUT2D eigenvalue weighted by Gasteiger charge is 2.22.